The van der Waals surface area contributed by atoms with Crippen molar-refractivity contribution < 1.29 is 14.3 Å². The molecule has 4 aromatic rings. The molecule has 6 rings (SSSR count). The molecule has 4 aromatic carbocycles. The van der Waals surface area contributed by atoms with E-state index in [1.165, 1.54) is 11.1 Å². The number of benzene rings is 4. The van der Waals surface area contributed by atoms with Crippen LogP contribution in [0.3, 0.4) is 0 Å². The standard InChI is InChI=1S/C32H29NO3/c1-3-33(4-2)24-17-18-27-30(21-24)35-29-19-16-23(15-14-22-10-6-5-7-11-22)20-28(29)32(27)26-13-9-8-12-25(26)31(34)36-32/h5-13,16-21H,3-4,14-15H2,1-2H3. The first-order chi connectivity index (χ1) is 17.6. The molecule has 2 aliphatic rings. The predicted octanol–water partition coefficient (Wildman–Crippen LogP) is 6.89. The SMILES string of the molecule is CCN(CC)c1ccc2c(c1)Oc1ccc(CCc3ccccc3)cc1C21OC(=O)c2ccccc21. The highest BCUT2D eigenvalue weighted by atomic mass is 16.6. The lowest BCUT2D eigenvalue weighted by Gasteiger charge is -2.37. The molecule has 0 N–H and O–H groups in total. The Morgan fingerprint density at radius 1 is 0.694 bits per heavy atom. The third kappa shape index (κ3) is 3.48. The van der Waals surface area contributed by atoms with Crippen LogP contribution in [-0.2, 0) is 23.2 Å². The molecule has 0 bridgehead atoms. The topological polar surface area (TPSA) is 38.8 Å². The maximum atomic E-state index is 13.2. The van der Waals surface area contributed by atoms with E-state index in [9.17, 15) is 4.79 Å². The van der Waals surface area contributed by atoms with Gasteiger partial charge in [0.2, 0.25) is 0 Å². The van der Waals surface area contributed by atoms with Gasteiger partial charge in [0.05, 0.1) is 5.56 Å². The third-order valence-electron chi connectivity index (χ3n) is 7.43. The molecule has 1 unspecified atom stereocenters. The molecule has 0 fully saturated rings. The first-order valence-electron chi connectivity index (χ1n) is 12.7. The van der Waals surface area contributed by atoms with E-state index < -0.39 is 5.60 Å². The van der Waals surface area contributed by atoms with Crippen LogP contribution in [0.1, 0.15) is 52.0 Å². The van der Waals surface area contributed by atoms with Gasteiger partial charge < -0.3 is 14.4 Å². The van der Waals surface area contributed by atoms with E-state index in [4.69, 9.17) is 9.47 Å². The number of nitrogens with zero attached hydrogens (tertiary/aromatic N) is 1. The molecule has 0 aromatic heterocycles. The lowest BCUT2D eigenvalue weighted by Crippen LogP contribution is -2.33. The molecule has 36 heavy (non-hydrogen) atoms. The maximum absolute atomic E-state index is 13.2. The van der Waals surface area contributed by atoms with Gasteiger partial charge in [-0.3, -0.25) is 0 Å². The van der Waals surface area contributed by atoms with Crippen molar-refractivity contribution in [2.24, 2.45) is 0 Å². The van der Waals surface area contributed by atoms with Gasteiger partial charge in [-0.2, -0.15) is 0 Å². The zero-order valence-corrected chi connectivity index (χ0v) is 20.7. The Kier molecular flexibility index (Phi) is 5.52. The van der Waals surface area contributed by atoms with Gasteiger partial charge in [0.1, 0.15) is 11.5 Å². The first-order valence-corrected chi connectivity index (χ1v) is 12.7. The van der Waals surface area contributed by atoms with Crippen LogP contribution in [0.2, 0.25) is 0 Å². The van der Waals surface area contributed by atoms with E-state index in [1.807, 2.05) is 36.4 Å². The van der Waals surface area contributed by atoms with Crippen molar-refractivity contribution >= 4 is 11.7 Å². The highest BCUT2D eigenvalue weighted by Gasteiger charge is 2.53. The highest BCUT2D eigenvalue weighted by Crippen LogP contribution is 2.56. The predicted molar refractivity (Wildman–Crippen MR) is 142 cm³/mol. The molecule has 0 saturated heterocycles. The van der Waals surface area contributed by atoms with Crippen molar-refractivity contribution in [3.05, 3.63) is 124 Å². The number of carbonyl (C=O) groups excluding carboxylic acids is 1. The number of anilines is 1. The van der Waals surface area contributed by atoms with Crippen molar-refractivity contribution in [1.29, 1.82) is 0 Å². The molecule has 4 heteroatoms. The lowest BCUT2D eigenvalue weighted by atomic mass is 9.77. The second kappa shape index (κ2) is 8.87. The number of fused-ring (bicyclic) bond motifs is 6. The van der Waals surface area contributed by atoms with Crippen LogP contribution < -0.4 is 9.64 Å². The van der Waals surface area contributed by atoms with E-state index in [0.29, 0.717) is 5.56 Å². The number of ether oxygens (including phenoxy) is 2. The quantitative estimate of drug-likeness (QED) is 0.285. The summed E-state index contributed by atoms with van der Waals surface area (Å²) in [7, 11) is 0. The summed E-state index contributed by atoms with van der Waals surface area (Å²) in [5.41, 5.74) is 5.78. The molecular formula is C32H29NO3. The van der Waals surface area contributed by atoms with Crippen molar-refractivity contribution in [3.8, 4) is 11.5 Å². The Morgan fingerprint density at radius 2 is 1.44 bits per heavy atom. The summed E-state index contributed by atoms with van der Waals surface area (Å²) in [4.78, 5) is 15.4. The van der Waals surface area contributed by atoms with Gasteiger partial charge in [-0.05, 0) is 68.1 Å². The maximum Gasteiger partial charge on any atom is 0.340 e. The van der Waals surface area contributed by atoms with Gasteiger partial charge >= 0.3 is 5.97 Å². The first kappa shape index (κ1) is 22.4. The Bertz CT molecular complexity index is 1440. The minimum Gasteiger partial charge on any atom is -0.456 e. The molecule has 0 radical (unpaired) electrons. The fourth-order valence-electron chi connectivity index (χ4n) is 5.58. The number of aryl methyl sites for hydroxylation is 2. The van der Waals surface area contributed by atoms with Crippen molar-refractivity contribution in [1.82, 2.24) is 0 Å². The summed E-state index contributed by atoms with van der Waals surface area (Å²) in [6.07, 6.45) is 1.82. The second-order valence-corrected chi connectivity index (χ2v) is 9.39. The summed E-state index contributed by atoms with van der Waals surface area (Å²) >= 11 is 0. The second-order valence-electron chi connectivity index (χ2n) is 9.39. The molecule has 1 atom stereocenters. The van der Waals surface area contributed by atoms with E-state index in [-0.39, 0.29) is 5.97 Å². The Balaban J connectivity index is 1.50. The summed E-state index contributed by atoms with van der Waals surface area (Å²) < 4.78 is 12.8. The molecule has 1 spiro atoms. The van der Waals surface area contributed by atoms with Gasteiger partial charge in [-0.15, -0.1) is 0 Å². The zero-order valence-electron chi connectivity index (χ0n) is 20.7. The Labute approximate surface area is 212 Å². The van der Waals surface area contributed by atoms with Crippen LogP contribution in [0.4, 0.5) is 5.69 Å². The van der Waals surface area contributed by atoms with E-state index >= 15 is 0 Å². The average molecular weight is 476 g/mol. The van der Waals surface area contributed by atoms with Gasteiger partial charge in [0.25, 0.3) is 0 Å². The van der Waals surface area contributed by atoms with E-state index in [0.717, 1.165) is 59.8 Å². The fourth-order valence-corrected chi connectivity index (χ4v) is 5.58. The molecule has 0 saturated carbocycles. The van der Waals surface area contributed by atoms with Gasteiger partial charge in [-0.1, -0.05) is 54.6 Å². The number of esters is 1. The molecule has 4 nitrogen and oxygen atoms in total. The van der Waals surface area contributed by atoms with E-state index in [2.05, 4.69) is 73.3 Å². The molecule has 0 amide bonds. The number of hydrogen-bond donors (Lipinski definition) is 0. The minimum atomic E-state index is -1.03. The normalized spacial score (nSPS) is 17.1. The zero-order chi connectivity index (χ0) is 24.7. The average Bonchev–Trinajstić information content (AvgIpc) is 3.22. The van der Waals surface area contributed by atoms with E-state index in [1.54, 1.807) is 0 Å². The van der Waals surface area contributed by atoms with Gasteiger partial charge in [-0.25, -0.2) is 4.79 Å². The summed E-state index contributed by atoms with van der Waals surface area (Å²) in [6, 6.07) is 30.8. The van der Waals surface area contributed by atoms with Crippen LogP contribution in [0.5, 0.6) is 11.5 Å². The third-order valence-corrected chi connectivity index (χ3v) is 7.43. The van der Waals surface area contributed by atoms with Crippen LogP contribution in [0.15, 0.2) is 91.0 Å². The summed E-state index contributed by atoms with van der Waals surface area (Å²) in [6.45, 7) is 6.10. The minimum absolute atomic E-state index is 0.299. The van der Waals surface area contributed by atoms with Gasteiger partial charge in [0.15, 0.2) is 5.60 Å². The summed E-state index contributed by atoms with van der Waals surface area (Å²) in [5, 5.41) is 0. The fraction of sp³-hybridized carbons (Fsp3) is 0.219. The largest absolute Gasteiger partial charge is 0.456 e. The van der Waals surface area contributed by atoms with Crippen LogP contribution in [0, 0.1) is 0 Å². The number of hydrogen-bond acceptors (Lipinski definition) is 4. The molecule has 180 valence electrons. The van der Waals surface area contributed by atoms with Crippen LogP contribution in [0.25, 0.3) is 0 Å². The molecule has 2 aliphatic heterocycles. The monoisotopic (exact) mass is 475 g/mol. The highest BCUT2D eigenvalue weighted by molar-refractivity contribution is 5.97. The number of rotatable bonds is 6. The Hall–Kier alpha value is -4.05. The Morgan fingerprint density at radius 3 is 2.25 bits per heavy atom. The van der Waals surface area contributed by atoms with Crippen LogP contribution >= 0.6 is 0 Å². The number of carbonyl (C=O) groups is 1. The van der Waals surface area contributed by atoms with Crippen molar-refractivity contribution in [2.75, 3.05) is 18.0 Å². The molecular weight excluding hydrogens is 446 g/mol. The van der Waals surface area contributed by atoms with Crippen molar-refractivity contribution in [2.45, 2.75) is 32.3 Å². The lowest BCUT2D eigenvalue weighted by molar-refractivity contribution is 0.0224. The van der Waals surface area contributed by atoms with Gasteiger partial charge in [0, 0.05) is 41.5 Å². The van der Waals surface area contributed by atoms with Crippen LogP contribution in [-0.4, -0.2) is 19.1 Å². The molecule has 0 aliphatic carbocycles. The molecule has 2 heterocycles. The summed E-state index contributed by atoms with van der Waals surface area (Å²) in [5.74, 6) is 1.16. The smallest absolute Gasteiger partial charge is 0.340 e. The van der Waals surface area contributed by atoms with Crippen molar-refractivity contribution in [3.63, 3.8) is 0 Å².